The van der Waals surface area contributed by atoms with E-state index in [0.29, 0.717) is 0 Å². The molecule has 0 aliphatic heterocycles. The third-order valence-electron chi connectivity index (χ3n) is 1.73. The van der Waals surface area contributed by atoms with Gasteiger partial charge in [-0.3, -0.25) is 0 Å². The molecule has 0 saturated carbocycles. The van der Waals surface area contributed by atoms with Crippen molar-refractivity contribution in [1.82, 2.24) is 0 Å². The molecule has 0 spiro atoms. The lowest BCUT2D eigenvalue weighted by Crippen LogP contribution is -1.83. The highest BCUT2D eigenvalue weighted by molar-refractivity contribution is 7.94. The van der Waals surface area contributed by atoms with Crippen molar-refractivity contribution in [2.45, 2.75) is 18.7 Å². The van der Waals surface area contributed by atoms with E-state index in [1.807, 2.05) is 6.07 Å². The van der Waals surface area contributed by atoms with E-state index in [1.54, 1.807) is 7.11 Å². The average Bonchev–Trinajstić information content (AvgIpc) is 1.99. The lowest BCUT2D eigenvalue weighted by molar-refractivity contribution is 0.489. The van der Waals surface area contributed by atoms with Gasteiger partial charge >= 0.3 is 0 Å². The van der Waals surface area contributed by atoms with Gasteiger partial charge < -0.3 is 4.18 Å². The van der Waals surface area contributed by atoms with Crippen LogP contribution in [0.2, 0.25) is 0 Å². The molecule has 1 nitrogen and oxygen atoms in total. The quantitative estimate of drug-likeness (QED) is 0.628. The van der Waals surface area contributed by atoms with Crippen LogP contribution in [-0.4, -0.2) is 7.11 Å². The molecule has 0 aromatic heterocycles. The highest BCUT2D eigenvalue weighted by Crippen LogP contribution is 2.23. The summed E-state index contributed by atoms with van der Waals surface area (Å²) in [6.45, 7) is 4.21. The minimum Gasteiger partial charge on any atom is -0.314 e. The van der Waals surface area contributed by atoms with Crippen molar-refractivity contribution in [1.29, 1.82) is 0 Å². The molecule has 1 rings (SSSR count). The first-order valence-corrected chi connectivity index (χ1v) is 4.26. The molecule has 0 heterocycles. The molecule has 0 radical (unpaired) electrons. The second-order valence-corrected chi connectivity index (χ2v) is 3.39. The Morgan fingerprint density at radius 3 is 2.64 bits per heavy atom. The molecule has 0 amide bonds. The van der Waals surface area contributed by atoms with Gasteiger partial charge in [0.05, 0.1) is 7.11 Å². The molecule has 0 aliphatic rings. The van der Waals surface area contributed by atoms with Crippen molar-refractivity contribution in [3.63, 3.8) is 0 Å². The maximum Gasteiger partial charge on any atom is 0.0508 e. The molecule has 1 aromatic carbocycles. The molecule has 0 fully saturated rings. The standard InChI is InChI=1S/C9H12OS/c1-7-5-4-6-9(8(7)2)11-10-3/h4-6H,1-3H3. The van der Waals surface area contributed by atoms with Crippen LogP contribution in [0.5, 0.6) is 0 Å². The fraction of sp³-hybridized carbons (Fsp3) is 0.333. The van der Waals surface area contributed by atoms with Crippen LogP contribution in [0.4, 0.5) is 0 Å². The van der Waals surface area contributed by atoms with Crippen molar-refractivity contribution in [3.05, 3.63) is 29.3 Å². The predicted octanol–water partition coefficient (Wildman–Crippen LogP) is 2.96. The van der Waals surface area contributed by atoms with Gasteiger partial charge in [-0.05, 0) is 31.0 Å². The largest absolute Gasteiger partial charge is 0.314 e. The summed E-state index contributed by atoms with van der Waals surface area (Å²) in [6, 6.07) is 6.22. The highest BCUT2D eigenvalue weighted by atomic mass is 32.2. The molecule has 2 heteroatoms. The van der Waals surface area contributed by atoms with Crippen molar-refractivity contribution >= 4 is 12.0 Å². The molecule has 11 heavy (non-hydrogen) atoms. The lowest BCUT2D eigenvalue weighted by atomic mass is 10.1. The summed E-state index contributed by atoms with van der Waals surface area (Å²) in [6.07, 6.45) is 0. The van der Waals surface area contributed by atoms with Crippen LogP contribution >= 0.6 is 12.0 Å². The first-order chi connectivity index (χ1) is 5.25. The van der Waals surface area contributed by atoms with Gasteiger partial charge in [-0.2, -0.15) is 0 Å². The van der Waals surface area contributed by atoms with E-state index in [1.165, 1.54) is 28.1 Å². The van der Waals surface area contributed by atoms with Crippen LogP contribution in [0, 0.1) is 13.8 Å². The normalized spacial score (nSPS) is 10.1. The van der Waals surface area contributed by atoms with Crippen LogP contribution in [0.3, 0.4) is 0 Å². The second-order valence-electron chi connectivity index (χ2n) is 2.45. The smallest absolute Gasteiger partial charge is 0.0508 e. The monoisotopic (exact) mass is 168 g/mol. The number of benzene rings is 1. The molecule has 0 aliphatic carbocycles. The summed E-state index contributed by atoms with van der Waals surface area (Å²) < 4.78 is 4.98. The van der Waals surface area contributed by atoms with Gasteiger partial charge in [0.25, 0.3) is 0 Å². The van der Waals surface area contributed by atoms with Crippen LogP contribution in [0.25, 0.3) is 0 Å². The van der Waals surface area contributed by atoms with Gasteiger partial charge in [0.1, 0.15) is 0 Å². The zero-order valence-electron chi connectivity index (χ0n) is 7.05. The van der Waals surface area contributed by atoms with E-state index in [-0.39, 0.29) is 0 Å². The van der Waals surface area contributed by atoms with E-state index >= 15 is 0 Å². The molecule has 1 aromatic rings. The van der Waals surface area contributed by atoms with Gasteiger partial charge in [-0.15, -0.1) is 0 Å². The summed E-state index contributed by atoms with van der Waals surface area (Å²) in [4.78, 5) is 1.20. The minimum atomic E-state index is 1.20. The average molecular weight is 168 g/mol. The highest BCUT2D eigenvalue weighted by Gasteiger charge is 1.99. The van der Waals surface area contributed by atoms with Gasteiger partial charge in [0.15, 0.2) is 0 Å². The molecule has 0 atom stereocenters. The van der Waals surface area contributed by atoms with Crippen molar-refractivity contribution in [3.8, 4) is 0 Å². The van der Waals surface area contributed by atoms with Gasteiger partial charge in [0, 0.05) is 16.9 Å². The first-order valence-electron chi connectivity index (χ1n) is 3.52. The third-order valence-corrected chi connectivity index (χ3v) is 2.52. The molecule has 0 N–H and O–H groups in total. The molecule has 0 saturated heterocycles. The Morgan fingerprint density at radius 1 is 1.27 bits per heavy atom. The Hall–Kier alpha value is -0.470. The summed E-state index contributed by atoms with van der Waals surface area (Å²) >= 11 is 1.42. The van der Waals surface area contributed by atoms with Crippen molar-refractivity contribution in [2.75, 3.05) is 7.11 Å². The minimum absolute atomic E-state index is 1.20. The topological polar surface area (TPSA) is 9.23 Å². The fourth-order valence-electron chi connectivity index (χ4n) is 0.904. The molecule has 60 valence electrons. The summed E-state index contributed by atoms with van der Waals surface area (Å²) in [7, 11) is 1.69. The Kier molecular flexibility index (Phi) is 2.97. The van der Waals surface area contributed by atoms with Crippen LogP contribution in [-0.2, 0) is 4.18 Å². The molecular weight excluding hydrogens is 156 g/mol. The first kappa shape index (κ1) is 8.62. The van der Waals surface area contributed by atoms with Crippen LogP contribution in [0.15, 0.2) is 23.1 Å². The maximum absolute atomic E-state index is 4.98. The lowest BCUT2D eigenvalue weighted by Gasteiger charge is -2.04. The Balaban J connectivity index is 2.96. The van der Waals surface area contributed by atoms with Crippen LogP contribution < -0.4 is 0 Å². The Morgan fingerprint density at radius 2 is 2.00 bits per heavy atom. The SMILES string of the molecule is COSc1cccc(C)c1C. The van der Waals surface area contributed by atoms with E-state index in [0.717, 1.165) is 0 Å². The number of hydrogen-bond acceptors (Lipinski definition) is 2. The molecule has 0 bridgehead atoms. The number of aryl methyl sites for hydroxylation is 1. The summed E-state index contributed by atoms with van der Waals surface area (Å²) in [5.74, 6) is 0. The molecular formula is C9H12OS. The summed E-state index contributed by atoms with van der Waals surface area (Å²) in [5, 5.41) is 0. The predicted molar refractivity (Wildman–Crippen MR) is 48.8 cm³/mol. The Bertz CT molecular complexity index is 245. The van der Waals surface area contributed by atoms with E-state index < -0.39 is 0 Å². The second kappa shape index (κ2) is 3.79. The van der Waals surface area contributed by atoms with E-state index in [9.17, 15) is 0 Å². The van der Waals surface area contributed by atoms with Crippen LogP contribution in [0.1, 0.15) is 11.1 Å². The fourth-order valence-corrected chi connectivity index (χ4v) is 1.50. The van der Waals surface area contributed by atoms with Gasteiger partial charge in [0.2, 0.25) is 0 Å². The third kappa shape index (κ3) is 1.98. The maximum atomic E-state index is 4.98. The number of rotatable bonds is 2. The van der Waals surface area contributed by atoms with Crippen molar-refractivity contribution < 1.29 is 4.18 Å². The van der Waals surface area contributed by atoms with E-state index in [4.69, 9.17) is 4.18 Å². The zero-order chi connectivity index (χ0) is 8.27. The van der Waals surface area contributed by atoms with Crippen molar-refractivity contribution in [2.24, 2.45) is 0 Å². The Labute approximate surface area is 72.0 Å². The van der Waals surface area contributed by atoms with E-state index in [2.05, 4.69) is 26.0 Å². The van der Waals surface area contributed by atoms with Gasteiger partial charge in [-0.25, -0.2) is 0 Å². The number of hydrogen-bond donors (Lipinski definition) is 0. The molecule has 0 unspecified atom stereocenters. The van der Waals surface area contributed by atoms with Gasteiger partial charge in [-0.1, -0.05) is 12.1 Å². The summed E-state index contributed by atoms with van der Waals surface area (Å²) in [5.41, 5.74) is 2.62. The zero-order valence-corrected chi connectivity index (χ0v) is 7.87.